The molecule has 1 N–H and O–H groups in total. The number of nitrogens with one attached hydrogen (secondary N) is 1. The molecule has 0 aliphatic carbocycles. The quantitative estimate of drug-likeness (QED) is 0.612. The van der Waals surface area contributed by atoms with Crippen LogP contribution >= 0.6 is 0 Å². The van der Waals surface area contributed by atoms with Crippen LogP contribution in [0.4, 0.5) is 0 Å². The summed E-state index contributed by atoms with van der Waals surface area (Å²) in [7, 11) is 3.21. The molecular formula is C22H23N3O3. The third kappa shape index (κ3) is 5.01. The van der Waals surface area contributed by atoms with E-state index in [0.717, 1.165) is 16.8 Å². The maximum atomic E-state index is 12.0. The van der Waals surface area contributed by atoms with Crippen molar-refractivity contribution in [3.63, 3.8) is 0 Å². The van der Waals surface area contributed by atoms with Gasteiger partial charge in [-0.05, 0) is 42.3 Å². The highest BCUT2D eigenvalue weighted by atomic mass is 16.5. The molecule has 0 bridgehead atoms. The first-order valence-electron chi connectivity index (χ1n) is 8.96. The topological polar surface area (TPSA) is 65.4 Å². The second kappa shape index (κ2) is 9.41. The average molecular weight is 377 g/mol. The number of ether oxygens (including phenoxy) is 2. The zero-order chi connectivity index (χ0) is 19.8. The molecule has 144 valence electrons. The normalized spacial score (nSPS) is 10.8. The number of hydrogen-bond acceptors (Lipinski definition) is 4. The summed E-state index contributed by atoms with van der Waals surface area (Å²) in [5.74, 6) is 1.23. The molecule has 6 heteroatoms. The highest BCUT2D eigenvalue weighted by molar-refractivity contribution is 5.91. The zero-order valence-corrected chi connectivity index (χ0v) is 16.0. The minimum atomic E-state index is -0.145. The fourth-order valence-electron chi connectivity index (χ4n) is 2.74. The molecule has 0 unspecified atom stereocenters. The van der Waals surface area contributed by atoms with Crippen molar-refractivity contribution in [2.75, 3.05) is 20.8 Å². The number of nitrogens with zero attached hydrogens (tertiary/aromatic N) is 2. The van der Waals surface area contributed by atoms with E-state index in [4.69, 9.17) is 9.47 Å². The van der Waals surface area contributed by atoms with Crippen molar-refractivity contribution < 1.29 is 14.3 Å². The van der Waals surface area contributed by atoms with Crippen LogP contribution in [0.3, 0.4) is 0 Å². The molecule has 0 saturated carbocycles. The van der Waals surface area contributed by atoms with Crippen LogP contribution in [0, 0.1) is 0 Å². The maximum Gasteiger partial charge on any atom is 0.244 e. The van der Waals surface area contributed by atoms with Gasteiger partial charge in [0.2, 0.25) is 5.91 Å². The molecule has 0 radical (unpaired) electrons. The lowest BCUT2D eigenvalue weighted by atomic mass is 10.1. The van der Waals surface area contributed by atoms with Gasteiger partial charge >= 0.3 is 0 Å². The highest BCUT2D eigenvalue weighted by Crippen LogP contribution is 2.27. The molecule has 0 saturated heterocycles. The molecule has 1 amide bonds. The number of carbonyl (C=O) groups excluding carboxylic acids is 1. The molecule has 0 fully saturated rings. The van der Waals surface area contributed by atoms with Crippen molar-refractivity contribution in [2.45, 2.75) is 6.42 Å². The monoisotopic (exact) mass is 377 g/mol. The van der Waals surface area contributed by atoms with Crippen LogP contribution in [0.2, 0.25) is 0 Å². The van der Waals surface area contributed by atoms with E-state index >= 15 is 0 Å². The number of para-hydroxylation sites is 1. The second-order valence-electron chi connectivity index (χ2n) is 6.12. The lowest BCUT2D eigenvalue weighted by Gasteiger charge is -2.09. The van der Waals surface area contributed by atoms with E-state index in [1.54, 1.807) is 31.2 Å². The van der Waals surface area contributed by atoms with E-state index in [1.807, 2.05) is 54.7 Å². The van der Waals surface area contributed by atoms with Gasteiger partial charge in [0.05, 0.1) is 26.1 Å². The van der Waals surface area contributed by atoms with Crippen LogP contribution < -0.4 is 14.8 Å². The fourth-order valence-corrected chi connectivity index (χ4v) is 2.74. The molecule has 3 rings (SSSR count). The summed E-state index contributed by atoms with van der Waals surface area (Å²) in [4.78, 5) is 12.0. The van der Waals surface area contributed by atoms with Crippen molar-refractivity contribution in [3.8, 4) is 17.2 Å². The Morgan fingerprint density at radius 2 is 1.89 bits per heavy atom. The minimum absolute atomic E-state index is 0.145. The Kier molecular flexibility index (Phi) is 6.46. The number of benzene rings is 2. The lowest BCUT2D eigenvalue weighted by molar-refractivity contribution is -0.116. The molecule has 3 aromatic rings. The Hall–Kier alpha value is -3.54. The minimum Gasteiger partial charge on any atom is -0.493 e. The van der Waals surface area contributed by atoms with Gasteiger partial charge in [-0.2, -0.15) is 5.10 Å². The molecule has 0 aliphatic heterocycles. The molecule has 0 aliphatic rings. The van der Waals surface area contributed by atoms with E-state index in [1.165, 1.54) is 6.08 Å². The van der Waals surface area contributed by atoms with E-state index in [0.29, 0.717) is 24.5 Å². The SMILES string of the molecule is COc1ccc(CCNC(=O)/C=C/c2cnn(-c3ccccc3)c2)cc1OC. The molecule has 2 aromatic carbocycles. The summed E-state index contributed by atoms with van der Waals surface area (Å²) in [5.41, 5.74) is 2.89. The number of carbonyl (C=O) groups is 1. The van der Waals surface area contributed by atoms with Crippen LogP contribution in [-0.2, 0) is 11.2 Å². The molecule has 28 heavy (non-hydrogen) atoms. The molecule has 0 atom stereocenters. The Labute approximate surface area is 164 Å². The summed E-state index contributed by atoms with van der Waals surface area (Å²) >= 11 is 0. The van der Waals surface area contributed by atoms with Gasteiger partial charge in [-0.1, -0.05) is 24.3 Å². The van der Waals surface area contributed by atoms with Crippen molar-refractivity contribution in [2.24, 2.45) is 0 Å². The largest absolute Gasteiger partial charge is 0.493 e. The smallest absolute Gasteiger partial charge is 0.244 e. The molecule has 1 aromatic heterocycles. The van der Waals surface area contributed by atoms with Crippen LogP contribution in [0.25, 0.3) is 11.8 Å². The van der Waals surface area contributed by atoms with Gasteiger partial charge in [-0.15, -0.1) is 0 Å². The van der Waals surface area contributed by atoms with Gasteiger partial charge in [-0.3, -0.25) is 4.79 Å². The molecule has 1 heterocycles. The Morgan fingerprint density at radius 3 is 2.64 bits per heavy atom. The highest BCUT2D eigenvalue weighted by Gasteiger charge is 2.05. The summed E-state index contributed by atoms with van der Waals surface area (Å²) in [5, 5.41) is 7.19. The number of rotatable bonds is 8. The van der Waals surface area contributed by atoms with Gasteiger partial charge in [0.15, 0.2) is 11.5 Å². The number of aromatic nitrogens is 2. The van der Waals surface area contributed by atoms with E-state index < -0.39 is 0 Å². The van der Waals surface area contributed by atoms with Gasteiger partial charge in [0.25, 0.3) is 0 Å². The van der Waals surface area contributed by atoms with Crippen molar-refractivity contribution in [1.82, 2.24) is 15.1 Å². The van der Waals surface area contributed by atoms with Crippen LogP contribution in [0.15, 0.2) is 67.0 Å². The first kappa shape index (κ1) is 19.2. The predicted octanol–water partition coefficient (Wildman–Crippen LogP) is 3.26. The Bertz CT molecular complexity index is 949. The Balaban J connectivity index is 1.50. The van der Waals surface area contributed by atoms with Crippen LogP contribution in [0.5, 0.6) is 11.5 Å². The van der Waals surface area contributed by atoms with Crippen molar-refractivity contribution >= 4 is 12.0 Å². The third-order valence-electron chi connectivity index (χ3n) is 4.21. The molecular weight excluding hydrogens is 354 g/mol. The first-order valence-corrected chi connectivity index (χ1v) is 8.96. The molecule has 6 nitrogen and oxygen atoms in total. The summed E-state index contributed by atoms with van der Waals surface area (Å²) in [6.07, 6.45) is 7.56. The predicted molar refractivity (Wildman–Crippen MR) is 109 cm³/mol. The maximum absolute atomic E-state index is 12.0. The first-order chi connectivity index (χ1) is 13.7. The Morgan fingerprint density at radius 1 is 1.11 bits per heavy atom. The van der Waals surface area contributed by atoms with Gasteiger partial charge in [-0.25, -0.2) is 4.68 Å². The van der Waals surface area contributed by atoms with Gasteiger partial charge < -0.3 is 14.8 Å². The number of methoxy groups -OCH3 is 2. The fraction of sp³-hybridized carbons (Fsp3) is 0.182. The standard InChI is InChI=1S/C22H23N3O3/c1-27-20-10-8-17(14-21(20)28-2)12-13-23-22(26)11-9-18-15-24-25(16-18)19-6-4-3-5-7-19/h3-11,14-16H,12-13H2,1-2H3,(H,23,26)/b11-9+. The van der Waals surface area contributed by atoms with Crippen LogP contribution in [-0.4, -0.2) is 36.5 Å². The lowest BCUT2D eigenvalue weighted by Crippen LogP contribution is -2.23. The molecule has 0 spiro atoms. The van der Waals surface area contributed by atoms with Gasteiger partial charge in [0, 0.05) is 24.4 Å². The summed E-state index contributed by atoms with van der Waals surface area (Å²) in [6, 6.07) is 15.6. The van der Waals surface area contributed by atoms with Gasteiger partial charge in [0.1, 0.15) is 0 Å². The average Bonchev–Trinajstić information content (AvgIpc) is 3.22. The summed E-state index contributed by atoms with van der Waals surface area (Å²) < 4.78 is 12.3. The van der Waals surface area contributed by atoms with Crippen molar-refractivity contribution in [1.29, 1.82) is 0 Å². The summed E-state index contributed by atoms with van der Waals surface area (Å²) in [6.45, 7) is 0.530. The second-order valence-corrected chi connectivity index (χ2v) is 6.12. The van der Waals surface area contributed by atoms with E-state index in [2.05, 4.69) is 10.4 Å². The number of amides is 1. The van der Waals surface area contributed by atoms with Crippen molar-refractivity contribution in [3.05, 3.63) is 78.1 Å². The third-order valence-corrected chi connectivity index (χ3v) is 4.21. The zero-order valence-electron chi connectivity index (χ0n) is 16.0. The van der Waals surface area contributed by atoms with E-state index in [9.17, 15) is 4.79 Å². The number of hydrogen-bond donors (Lipinski definition) is 1. The van der Waals surface area contributed by atoms with Crippen LogP contribution in [0.1, 0.15) is 11.1 Å². The van der Waals surface area contributed by atoms with E-state index in [-0.39, 0.29) is 5.91 Å².